The van der Waals surface area contributed by atoms with Crippen LogP contribution >= 0.6 is 0 Å². The quantitative estimate of drug-likeness (QED) is 0.724. The van der Waals surface area contributed by atoms with Crippen LogP contribution in [-0.4, -0.2) is 40.4 Å². The molecule has 0 bridgehead atoms. The minimum absolute atomic E-state index is 0.351. The lowest BCUT2D eigenvalue weighted by Gasteiger charge is -2.24. The van der Waals surface area contributed by atoms with Gasteiger partial charge in [0.1, 0.15) is 18.8 Å². The van der Waals surface area contributed by atoms with Gasteiger partial charge in [0, 0.05) is 42.3 Å². The second-order valence-electron chi connectivity index (χ2n) is 7.51. The third-order valence-electron chi connectivity index (χ3n) is 5.44. The molecule has 6 nitrogen and oxygen atoms in total. The Morgan fingerprint density at radius 3 is 2.86 bits per heavy atom. The van der Waals surface area contributed by atoms with Crippen molar-refractivity contribution in [1.29, 1.82) is 0 Å². The van der Waals surface area contributed by atoms with E-state index in [0.29, 0.717) is 12.6 Å². The molecule has 1 fully saturated rings. The third kappa shape index (κ3) is 3.51. The van der Waals surface area contributed by atoms with Gasteiger partial charge in [-0.1, -0.05) is 18.2 Å². The van der Waals surface area contributed by atoms with Gasteiger partial charge >= 0.3 is 0 Å². The van der Waals surface area contributed by atoms with Crippen LogP contribution in [0.1, 0.15) is 24.0 Å². The Bertz CT molecular complexity index is 1090. The maximum absolute atomic E-state index is 5.57. The zero-order chi connectivity index (χ0) is 19.6. The highest BCUT2D eigenvalue weighted by Crippen LogP contribution is 2.34. The van der Waals surface area contributed by atoms with Crippen molar-refractivity contribution in [2.45, 2.75) is 25.8 Å². The Balaban J connectivity index is 1.68. The highest BCUT2D eigenvalue weighted by Gasteiger charge is 2.21. The van der Waals surface area contributed by atoms with E-state index in [0.717, 1.165) is 59.7 Å². The molecule has 4 heterocycles. The largest absolute Gasteiger partial charge is 0.496 e. The molecule has 0 spiro atoms. The summed E-state index contributed by atoms with van der Waals surface area (Å²) in [6.45, 7) is 4.27. The standard InChI is InChI=1S/C23H24N4O2/c1-16-4-2-6-19(12-16)27-13-20(17-5-3-9-29-14-17)21-22(24-15-25-23(21)27)26-18-7-10-28-11-8-18/h2-6,12-15,18H,7-11H2,1H3,(H,24,25,26). The van der Waals surface area contributed by atoms with Crippen LogP contribution in [0.4, 0.5) is 5.82 Å². The average molecular weight is 388 g/mol. The number of aromatic nitrogens is 3. The molecule has 3 aromatic rings. The molecular weight excluding hydrogens is 364 g/mol. The molecule has 1 N–H and O–H groups in total. The van der Waals surface area contributed by atoms with E-state index in [9.17, 15) is 0 Å². The van der Waals surface area contributed by atoms with Crippen molar-refractivity contribution in [3.8, 4) is 5.69 Å². The molecule has 5 rings (SSSR count). The summed E-state index contributed by atoms with van der Waals surface area (Å²) in [6.07, 6.45) is 11.7. The van der Waals surface area contributed by atoms with E-state index in [1.807, 2.05) is 12.3 Å². The topological polar surface area (TPSA) is 61.2 Å². The van der Waals surface area contributed by atoms with Crippen LogP contribution in [-0.2, 0) is 9.47 Å². The lowest BCUT2D eigenvalue weighted by Crippen LogP contribution is -2.28. The Morgan fingerprint density at radius 1 is 1.17 bits per heavy atom. The second kappa shape index (κ2) is 7.72. The number of aryl methyl sites for hydroxylation is 1. The molecule has 2 aliphatic rings. The van der Waals surface area contributed by atoms with E-state index in [1.165, 1.54) is 5.56 Å². The maximum atomic E-state index is 5.57. The number of fused-ring (bicyclic) bond motifs is 1. The van der Waals surface area contributed by atoms with E-state index in [2.05, 4.69) is 63.3 Å². The SMILES string of the molecule is Cc1cccc(-n2cc(C3=COCC=C3)c3c(NC4CCOCC4)ncnc32)c1. The molecule has 0 atom stereocenters. The number of hydrogen-bond donors (Lipinski definition) is 1. The fourth-order valence-corrected chi connectivity index (χ4v) is 3.96. The number of nitrogens with zero attached hydrogens (tertiary/aromatic N) is 3. The maximum Gasteiger partial charge on any atom is 0.150 e. The molecule has 2 aliphatic heterocycles. The highest BCUT2D eigenvalue weighted by atomic mass is 16.5. The smallest absolute Gasteiger partial charge is 0.150 e. The lowest BCUT2D eigenvalue weighted by atomic mass is 10.1. The first-order valence-corrected chi connectivity index (χ1v) is 10.1. The van der Waals surface area contributed by atoms with E-state index in [1.54, 1.807) is 6.33 Å². The van der Waals surface area contributed by atoms with Crippen LogP contribution < -0.4 is 5.32 Å². The Kier molecular flexibility index (Phi) is 4.77. The van der Waals surface area contributed by atoms with Gasteiger partial charge in [-0.05, 0) is 43.5 Å². The predicted octanol–water partition coefficient (Wildman–Crippen LogP) is 4.25. The Labute approximate surface area is 169 Å². The van der Waals surface area contributed by atoms with Crippen LogP contribution in [0.25, 0.3) is 22.3 Å². The van der Waals surface area contributed by atoms with Gasteiger partial charge in [-0.3, -0.25) is 0 Å². The summed E-state index contributed by atoms with van der Waals surface area (Å²) >= 11 is 0. The molecule has 2 aromatic heterocycles. The fraction of sp³-hybridized carbons (Fsp3) is 0.304. The summed E-state index contributed by atoms with van der Waals surface area (Å²) in [5.74, 6) is 0.864. The molecule has 148 valence electrons. The summed E-state index contributed by atoms with van der Waals surface area (Å²) < 4.78 is 13.2. The van der Waals surface area contributed by atoms with Crippen molar-refractivity contribution in [2.75, 3.05) is 25.1 Å². The molecule has 0 radical (unpaired) electrons. The molecule has 0 unspecified atom stereocenters. The van der Waals surface area contributed by atoms with Gasteiger partial charge < -0.3 is 19.4 Å². The van der Waals surface area contributed by atoms with Gasteiger partial charge in [0.15, 0.2) is 5.65 Å². The monoisotopic (exact) mass is 388 g/mol. The van der Waals surface area contributed by atoms with Gasteiger partial charge in [0.25, 0.3) is 0 Å². The minimum atomic E-state index is 0.351. The molecule has 29 heavy (non-hydrogen) atoms. The van der Waals surface area contributed by atoms with Crippen molar-refractivity contribution in [1.82, 2.24) is 14.5 Å². The van der Waals surface area contributed by atoms with Gasteiger partial charge in [-0.25, -0.2) is 9.97 Å². The van der Waals surface area contributed by atoms with Crippen molar-refractivity contribution < 1.29 is 9.47 Å². The first-order valence-electron chi connectivity index (χ1n) is 10.1. The van der Waals surface area contributed by atoms with Crippen LogP contribution in [0, 0.1) is 6.92 Å². The molecule has 1 saturated heterocycles. The minimum Gasteiger partial charge on any atom is -0.496 e. The first-order chi connectivity index (χ1) is 14.3. The van der Waals surface area contributed by atoms with Crippen LogP contribution in [0.5, 0.6) is 0 Å². The summed E-state index contributed by atoms with van der Waals surface area (Å²) in [4.78, 5) is 9.26. The Hall–Kier alpha value is -3.12. The van der Waals surface area contributed by atoms with Crippen LogP contribution in [0.15, 0.2) is 55.2 Å². The first kappa shape index (κ1) is 17.9. The van der Waals surface area contributed by atoms with E-state index in [4.69, 9.17) is 9.47 Å². The van der Waals surface area contributed by atoms with Crippen LogP contribution in [0.2, 0.25) is 0 Å². The van der Waals surface area contributed by atoms with Gasteiger partial charge in [0.2, 0.25) is 0 Å². The zero-order valence-electron chi connectivity index (χ0n) is 16.5. The van der Waals surface area contributed by atoms with Gasteiger partial charge in [-0.2, -0.15) is 0 Å². The average Bonchev–Trinajstić information content (AvgIpc) is 3.16. The van der Waals surface area contributed by atoms with Crippen molar-refractivity contribution >= 4 is 22.4 Å². The summed E-state index contributed by atoms with van der Waals surface area (Å²) in [5.41, 5.74) is 5.26. The molecular formula is C23H24N4O2. The fourth-order valence-electron chi connectivity index (χ4n) is 3.96. The normalized spacial score (nSPS) is 17.2. The van der Waals surface area contributed by atoms with E-state index >= 15 is 0 Å². The van der Waals surface area contributed by atoms with Gasteiger partial charge in [-0.15, -0.1) is 0 Å². The van der Waals surface area contributed by atoms with Crippen molar-refractivity contribution in [2.24, 2.45) is 0 Å². The number of rotatable bonds is 4. The van der Waals surface area contributed by atoms with Crippen LogP contribution in [0.3, 0.4) is 0 Å². The molecule has 0 aliphatic carbocycles. The summed E-state index contributed by atoms with van der Waals surface area (Å²) in [7, 11) is 0. The predicted molar refractivity (Wildman–Crippen MR) is 114 cm³/mol. The van der Waals surface area contributed by atoms with E-state index < -0.39 is 0 Å². The molecule has 1 aromatic carbocycles. The molecule has 0 amide bonds. The second-order valence-corrected chi connectivity index (χ2v) is 7.51. The third-order valence-corrected chi connectivity index (χ3v) is 5.44. The van der Waals surface area contributed by atoms with Gasteiger partial charge in [0.05, 0.1) is 11.6 Å². The number of hydrogen-bond acceptors (Lipinski definition) is 5. The molecule has 6 heteroatoms. The summed E-state index contributed by atoms with van der Waals surface area (Å²) in [5, 5.41) is 4.66. The van der Waals surface area contributed by atoms with Crippen molar-refractivity contribution in [3.05, 3.63) is 66.3 Å². The van der Waals surface area contributed by atoms with E-state index in [-0.39, 0.29) is 0 Å². The number of benzene rings is 1. The number of nitrogens with one attached hydrogen (secondary N) is 1. The highest BCUT2D eigenvalue weighted by molar-refractivity contribution is 6.01. The Morgan fingerprint density at radius 2 is 2.07 bits per heavy atom. The van der Waals surface area contributed by atoms with Crippen molar-refractivity contribution in [3.63, 3.8) is 0 Å². The number of ether oxygens (including phenoxy) is 2. The lowest BCUT2D eigenvalue weighted by molar-refractivity contribution is 0.0904. The zero-order valence-corrected chi connectivity index (χ0v) is 16.5. The molecule has 0 saturated carbocycles. The number of allylic oxidation sites excluding steroid dienone is 2. The number of anilines is 1. The summed E-state index contributed by atoms with van der Waals surface area (Å²) in [6, 6.07) is 8.79.